The molecular weight excluding hydrogens is 302 g/mol. The second-order valence-electron chi connectivity index (χ2n) is 5.08. The van der Waals surface area contributed by atoms with E-state index in [1.165, 1.54) is 24.3 Å². The van der Waals surface area contributed by atoms with Gasteiger partial charge in [-0.15, -0.1) is 0 Å². The van der Waals surface area contributed by atoms with E-state index in [0.29, 0.717) is 5.56 Å². The quantitative estimate of drug-likeness (QED) is 0.453. The number of aliphatic hydroxyl groups excluding tert-OH is 1. The molecule has 0 bridgehead atoms. The first-order valence-electron chi connectivity index (χ1n) is 6.85. The van der Waals surface area contributed by atoms with E-state index in [-0.39, 0.29) is 35.8 Å². The summed E-state index contributed by atoms with van der Waals surface area (Å²) in [7, 11) is 0. The van der Waals surface area contributed by atoms with Crippen molar-refractivity contribution in [3.8, 4) is 23.0 Å². The van der Waals surface area contributed by atoms with Crippen molar-refractivity contribution in [1.29, 1.82) is 0 Å². The third kappa shape index (κ3) is 4.04. The monoisotopic (exact) mass is 319 g/mol. The lowest BCUT2D eigenvalue weighted by atomic mass is 10.0. The Morgan fingerprint density at radius 1 is 0.913 bits per heavy atom. The molecule has 2 aromatic carbocycles. The van der Waals surface area contributed by atoms with E-state index in [2.05, 4.69) is 5.32 Å². The number of benzene rings is 2. The summed E-state index contributed by atoms with van der Waals surface area (Å²) in [5, 5.41) is 49.3. The molecule has 122 valence electrons. The summed E-state index contributed by atoms with van der Waals surface area (Å²) in [5.41, 5.74) is 0.750. The number of hydrogen-bond donors (Lipinski definition) is 6. The van der Waals surface area contributed by atoms with Crippen LogP contribution in [-0.2, 0) is 6.42 Å². The summed E-state index contributed by atoms with van der Waals surface area (Å²) < 4.78 is 0. The lowest BCUT2D eigenvalue weighted by molar-refractivity contribution is 0.0916. The molecule has 0 saturated heterocycles. The van der Waals surface area contributed by atoms with E-state index in [4.69, 9.17) is 0 Å². The van der Waals surface area contributed by atoms with Crippen molar-refractivity contribution in [3.63, 3.8) is 0 Å². The van der Waals surface area contributed by atoms with E-state index < -0.39 is 17.7 Å². The minimum absolute atomic E-state index is 0.132. The maximum Gasteiger partial charge on any atom is 0.251 e. The van der Waals surface area contributed by atoms with Gasteiger partial charge in [-0.1, -0.05) is 6.07 Å². The predicted molar refractivity (Wildman–Crippen MR) is 81.6 cm³/mol. The molecule has 2 aromatic rings. The van der Waals surface area contributed by atoms with Crippen molar-refractivity contribution in [2.24, 2.45) is 0 Å². The third-order valence-electron chi connectivity index (χ3n) is 3.32. The number of amides is 1. The predicted octanol–water partition coefficient (Wildman–Crippen LogP) is 0.842. The number of phenolic OH excluding ortho intramolecular Hbond substituents is 4. The molecule has 0 aliphatic carbocycles. The standard InChI is InChI=1S/C16H17NO6/c18-8-11(5-9-1-3-12(19)14(21)6-9)17-16(23)10-2-4-13(20)15(22)7-10/h1-4,6-7,11,18-22H,5,8H2,(H,17,23). The van der Waals surface area contributed by atoms with Crippen LogP contribution in [0.1, 0.15) is 15.9 Å². The van der Waals surface area contributed by atoms with Gasteiger partial charge < -0.3 is 30.8 Å². The highest BCUT2D eigenvalue weighted by Crippen LogP contribution is 2.26. The Morgan fingerprint density at radius 2 is 1.52 bits per heavy atom. The molecule has 23 heavy (non-hydrogen) atoms. The number of carbonyl (C=O) groups is 1. The molecular formula is C16H17NO6. The minimum atomic E-state index is -0.623. The molecule has 0 aliphatic heterocycles. The maximum atomic E-state index is 12.1. The maximum absolute atomic E-state index is 12.1. The van der Waals surface area contributed by atoms with E-state index in [1.807, 2.05) is 0 Å². The van der Waals surface area contributed by atoms with Crippen molar-refractivity contribution in [2.75, 3.05) is 6.61 Å². The largest absolute Gasteiger partial charge is 0.504 e. The van der Waals surface area contributed by atoms with Gasteiger partial charge in [-0.05, 0) is 42.3 Å². The smallest absolute Gasteiger partial charge is 0.251 e. The van der Waals surface area contributed by atoms with Crippen LogP contribution in [-0.4, -0.2) is 44.1 Å². The van der Waals surface area contributed by atoms with Crippen LogP contribution in [0.2, 0.25) is 0 Å². The van der Waals surface area contributed by atoms with Crippen molar-refractivity contribution >= 4 is 5.91 Å². The Balaban J connectivity index is 2.07. The lowest BCUT2D eigenvalue weighted by Gasteiger charge is -2.17. The first kappa shape index (κ1) is 16.4. The van der Waals surface area contributed by atoms with Crippen LogP contribution in [0.3, 0.4) is 0 Å². The van der Waals surface area contributed by atoms with Crippen molar-refractivity contribution < 1.29 is 30.3 Å². The Hall–Kier alpha value is -2.93. The van der Waals surface area contributed by atoms with Gasteiger partial charge in [0, 0.05) is 5.56 Å². The lowest BCUT2D eigenvalue weighted by Crippen LogP contribution is -2.39. The number of aliphatic hydroxyl groups is 1. The zero-order valence-corrected chi connectivity index (χ0v) is 12.1. The Morgan fingerprint density at radius 3 is 2.09 bits per heavy atom. The molecule has 6 N–H and O–H groups in total. The van der Waals surface area contributed by atoms with Crippen LogP contribution in [0.4, 0.5) is 0 Å². The van der Waals surface area contributed by atoms with Crippen molar-refractivity contribution in [2.45, 2.75) is 12.5 Å². The zero-order valence-electron chi connectivity index (χ0n) is 12.1. The summed E-state index contributed by atoms with van der Waals surface area (Å²) in [4.78, 5) is 12.1. The van der Waals surface area contributed by atoms with Gasteiger partial charge in [0.05, 0.1) is 12.6 Å². The number of nitrogens with one attached hydrogen (secondary N) is 1. The molecule has 0 spiro atoms. The van der Waals surface area contributed by atoms with Crippen molar-refractivity contribution in [1.82, 2.24) is 5.32 Å². The number of aromatic hydroxyl groups is 4. The number of rotatable bonds is 5. The van der Waals surface area contributed by atoms with E-state index in [0.717, 1.165) is 6.07 Å². The number of hydrogen-bond acceptors (Lipinski definition) is 6. The van der Waals surface area contributed by atoms with Gasteiger partial charge in [0.15, 0.2) is 23.0 Å². The second-order valence-corrected chi connectivity index (χ2v) is 5.08. The van der Waals surface area contributed by atoms with Gasteiger partial charge in [-0.25, -0.2) is 0 Å². The molecule has 0 aromatic heterocycles. The third-order valence-corrected chi connectivity index (χ3v) is 3.32. The average Bonchev–Trinajstić information content (AvgIpc) is 2.52. The first-order chi connectivity index (χ1) is 10.9. The van der Waals surface area contributed by atoms with Crippen LogP contribution >= 0.6 is 0 Å². The van der Waals surface area contributed by atoms with Gasteiger partial charge in [0.2, 0.25) is 0 Å². The van der Waals surface area contributed by atoms with Crippen LogP contribution in [0.15, 0.2) is 36.4 Å². The molecule has 0 saturated carbocycles. The van der Waals surface area contributed by atoms with Crippen LogP contribution < -0.4 is 5.32 Å². The second kappa shape index (κ2) is 6.89. The highest BCUT2D eigenvalue weighted by Gasteiger charge is 2.15. The Bertz CT molecular complexity index is 716. The van der Waals surface area contributed by atoms with E-state index >= 15 is 0 Å². The van der Waals surface area contributed by atoms with Crippen LogP contribution in [0.25, 0.3) is 0 Å². The fourth-order valence-electron chi connectivity index (χ4n) is 2.08. The normalized spacial score (nSPS) is 11.9. The molecule has 2 rings (SSSR count). The SMILES string of the molecule is O=C(NC(CO)Cc1ccc(O)c(O)c1)c1ccc(O)c(O)c1. The Labute approximate surface area is 132 Å². The van der Waals surface area contributed by atoms with Gasteiger partial charge >= 0.3 is 0 Å². The molecule has 0 aliphatic rings. The molecule has 0 heterocycles. The van der Waals surface area contributed by atoms with Gasteiger partial charge in [0.1, 0.15) is 0 Å². The van der Waals surface area contributed by atoms with Crippen LogP contribution in [0.5, 0.6) is 23.0 Å². The highest BCUT2D eigenvalue weighted by atomic mass is 16.3. The van der Waals surface area contributed by atoms with E-state index in [9.17, 15) is 30.3 Å². The van der Waals surface area contributed by atoms with Crippen molar-refractivity contribution in [3.05, 3.63) is 47.5 Å². The summed E-state index contributed by atoms with van der Waals surface area (Å²) in [6.07, 6.45) is 0.236. The summed E-state index contributed by atoms with van der Waals surface area (Å²) in [5.74, 6) is -1.81. The Kier molecular flexibility index (Phi) is 4.92. The van der Waals surface area contributed by atoms with E-state index in [1.54, 1.807) is 6.07 Å². The average molecular weight is 319 g/mol. The summed E-state index contributed by atoms with van der Waals surface area (Å²) in [6, 6.07) is 7.25. The molecule has 7 heteroatoms. The fourth-order valence-corrected chi connectivity index (χ4v) is 2.08. The number of carbonyl (C=O) groups excluding carboxylic acids is 1. The van der Waals surface area contributed by atoms with Gasteiger partial charge in [-0.3, -0.25) is 4.79 Å². The van der Waals surface area contributed by atoms with Gasteiger partial charge in [0.25, 0.3) is 5.91 Å². The summed E-state index contributed by atoms with van der Waals surface area (Å²) >= 11 is 0. The molecule has 0 radical (unpaired) electrons. The molecule has 1 unspecified atom stereocenters. The fraction of sp³-hybridized carbons (Fsp3) is 0.188. The van der Waals surface area contributed by atoms with Gasteiger partial charge in [-0.2, -0.15) is 0 Å². The number of phenols is 4. The molecule has 1 amide bonds. The topological polar surface area (TPSA) is 130 Å². The molecule has 1 atom stereocenters. The minimum Gasteiger partial charge on any atom is -0.504 e. The first-order valence-corrected chi connectivity index (χ1v) is 6.85. The zero-order chi connectivity index (χ0) is 17.0. The highest BCUT2D eigenvalue weighted by molar-refractivity contribution is 5.95. The molecule has 7 nitrogen and oxygen atoms in total. The molecule has 0 fully saturated rings. The van der Waals surface area contributed by atoms with Crippen LogP contribution in [0, 0.1) is 0 Å². The summed E-state index contributed by atoms with van der Waals surface area (Å²) in [6.45, 7) is -0.336.